The number of H-pyrrole nitrogens is 2. The smallest absolute Gasteiger partial charge is 0.312 e. The number of hydrogen-bond acceptors (Lipinski definition) is 9. The van der Waals surface area contributed by atoms with E-state index in [1.54, 1.807) is 0 Å². The van der Waals surface area contributed by atoms with E-state index in [0.717, 1.165) is 57.8 Å². The monoisotopic (exact) mass is 646 g/mol. The van der Waals surface area contributed by atoms with Crippen LogP contribution in [0.15, 0.2) is 0 Å². The van der Waals surface area contributed by atoms with E-state index in [2.05, 4.69) is 89.7 Å². The van der Waals surface area contributed by atoms with Crippen molar-refractivity contribution in [3.63, 3.8) is 0 Å². The molecule has 256 valence electrons. The van der Waals surface area contributed by atoms with Crippen molar-refractivity contribution < 1.29 is 14.3 Å². The van der Waals surface area contributed by atoms with Gasteiger partial charge in [0.1, 0.15) is 11.9 Å². The van der Waals surface area contributed by atoms with Gasteiger partial charge >= 0.3 is 5.97 Å². The van der Waals surface area contributed by atoms with Gasteiger partial charge in [0.05, 0.1) is 5.41 Å². The number of Topliss-reactive ketones (excluding diaryl/α,β-unsaturated/α-hetero) is 1. The molecule has 11 nitrogen and oxygen atoms in total. The number of carbonyl (C=O) groups is 2. The average Bonchev–Trinajstić information content (AvgIpc) is 3.78. The Morgan fingerprint density at radius 3 is 2.00 bits per heavy atom. The second-order valence-corrected chi connectivity index (χ2v) is 18.8. The molecule has 0 radical (unpaired) electrons. The van der Waals surface area contributed by atoms with E-state index in [0.29, 0.717) is 66.8 Å². The third kappa shape index (κ3) is 4.03. The Hall–Kier alpha value is -2.72. The zero-order valence-electron chi connectivity index (χ0n) is 29.5. The van der Waals surface area contributed by atoms with Gasteiger partial charge in [-0.15, -0.1) is 20.4 Å². The van der Waals surface area contributed by atoms with Crippen molar-refractivity contribution in [1.82, 2.24) is 41.2 Å². The van der Waals surface area contributed by atoms with Crippen LogP contribution in [0.3, 0.4) is 0 Å². The average molecular weight is 647 g/mol. The Morgan fingerprint density at radius 1 is 0.745 bits per heavy atom. The third-order valence-electron chi connectivity index (χ3n) is 16.4. The summed E-state index contributed by atoms with van der Waals surface area (Å²) in [6, 6.07) is 0. The van der Waals surface area contributed by atoms with Gasteiger partial charge < -0.3 is 4.74 Å². The molecular weight excluding hydrogens is 592 g/mol. The minimum Gasteiger partial charge on any atom is -0.461 e. The predicted octanol–water partition coefficient (Wildman–Crippen LogP) is 5.86. The number of nitrogens with zero attached hydrogens (tertiary/aromatic N) is 6. The highest BCUT2D eigenvalue weighted by molar-refractivity contribution is 5.91. The van der Waals surface area contributed by atoms with Crippen molar-refractivity contribution in [1.29, 1.82) is 0 Å². The van der Waals surface area contributed by atoms with Gasteiger partial charge in [-0.1, -0.05) is 58.9 Å². The van der Waals surface area contributed by atoms with Crippen LogP contribution in [0.5, 0.6) is 0 Å². The maximum atomic E-state index is 15.0. The van der Waals surface area contributed by atoms with Gasteiger partial charge in [0.25, 0.3) is 0 Å². The van der Waals surface area contributed by atoms with Crippen molar-refractivity contribution in [3.8, 4) is 0 Å². The van der Waals surface area contributed by atoms with Gasteiger partial charge in [-0.3, -0.25) is 9.59 Å². The van der Waals surface area contributed by atoms with Gasteiger partial charge in [0.15, 0.2) is 11.6 Å². The number of ether oxygens (including phenoxy) is 1. The lowest BCUT2D eigenvalue weighted by Crippen LogP contribution is -2.69. The van der Waals surface area contributed by atoms with E-state index >= 15 is 0 Å². The third-order valence-corrected chi connectivity index (χ3v) is 16.4. The number of nitrogens with one attached hydrogen (secondary N) is 2. The number of tetrazole rings is 2. The quantitative estimate of drug-likeness (QED) is 0.368. The summed E-state index contributed by atoms with van der Waals surface area (Å²) >= 11 is 0. The molecule has 0 unspecified atom stereocenters. The van der Waals surface area contributed by atoms with Crippen LogP contribution in [-0.4, -0.2) is 59.1 Å². The molecule has 2 aromatic rings. The number of aromatic amines is 2. The summed E-state index contributed by atoms with van der Waals surface area (Å²) in [6.07, 6.45) is 12.0. The summed E-state index contributed by atoms with van der Waals surface area (Å²) in [5.41, 5.74) is -1.10. The zero-order valence-corrected chi connectivity index (χ0v) is 29.5. The molecule has 8 rings (SSSR count). The van der Waals surface area contributed by atoms with Crippen LogP contribution in [0.4, 0.5) is 0 Å². The predicted molar refractivity (Wildman–Crippen MR) is 172 cm³/mol. The van der Waals surface area contributed by atoms with Crippen LogP contribution < -0.4 is 0 Å². The molecule has 9 atom stereocenters. The number of rotatable bonds is 6. The molecule has 0 spiro atoms. The number of hydrogen-bond donors (Lipinski definition) is 2. The first-order chi connectivity index (χ1) is 22.1. The number of aromatic nitrogens is 8. The van der Waals surface area contributed by atoms with E-state index < -0.39 is 10.8 Å². The van der Waals surface area contributed by atoms with Crippen LogP contribution in [0.25, 0.3) is 0 Å². The van der Waals surface area contributed by atoms with Gasteiger partial charge in [-0.25, -0.2) is 0 Å². The van der Waals surface area contributed by atoms with E-state index in [-0.39, 0.29) is 39.1 Å². The molecular formula is C36H54N8O3. The highest BCUT2D eigenvalue weighted by Gasteiger charge is 2.76. The SMILES string of the molecule is CC1(C)CC[C@]23CC[C@]4(C)[C@H](CC[C@@H]5[C@@]6(C)CC(CCc7nn[nH]n7)(CCc7nn[nH]n7)C(=O)C(C)(C)[C@@H]6CC[C@]54C)[C@H]2[C@H]1OC3=O. The molecule has 6 aliphatic rings. The first-order valence-corrected chi connectivity index (χ1v) is 18.3. The molecule has 5 aliphatic carbocycles. The highest BCUT2D eigenvalue weighted by Crippen LogP contribution is 2.79. The van der Waals surface area contributed by atoms with Crippen molar-refractivity contribution in [2.45, 2.75) is 138 Å². The lowest BCUT2D eigenvalue weighted by molar-refractivity contribution is -0.248. The normalized spacial score (nSPS) is 44.1. The molecule has 2 N–H and O–H groups in total. The second kappa shape index (κ2) is 9.93. The van der Waals surface area contributed by atoms with Crippen LogP contribution >= 0.6 is 0 Å². The summed E-state index contributed by atoms with van der Waals surface area (Å²) in [5, 5.41) is 29.9. The molecule has 47 heavy (non-hydrogen) atoms. The van der Waals surface area contributed by atoms with Crippen LogP contribution in [0.1, 0.15) is 131 Å². The number of carbonyl (C=O) groups excluding carboxylic acids is 2. The Morgan fingerprint density at radius 2 is 1.38 bits per heavy atom. The van der Waals surface area contributed by atoms with Crippen LogP contribution in [0.2, 0.25) is 0 Å². The fraction of sp³-hybridized carbons (Fsp3) is 0.889. The minimum absolute atomic E-state index is 0.0186. The molecule has 3 heterocycles. The topological polar surface area (TPSA) is 152 Å². The van der Waals surface area contributed by atoms with Gasteiger partial charge in [-0.05, 0) is 105 Å². The van der Waals surface area contributed by atoms with Gasteiger partial charge in [-0.2, -0.15) is 10.4 Å². The molecule has 6 fully saturated rings. The summed E-state index contributed by atoms with van der Waals surface area (Å²) in [5.74, 6) is 3.37. The minimum atomic E-state index is -0.560. The van der Waals surface area contributed by atoms with Crippen molar-refractivity contribution >= 4 is 11.8 Å². The van der Waals surface area contributed by atoms with Crippen molar-refractivity contribution in [2.24, 2.45) is 61.6 Å². The van der Waals surface area contributed by atoms with Gasteiger partial charge in [0, 0.05) is 35.0 Å². The summed E-state index contributed by atoms with van der Waals surface area (Å²) < 4.78 is 6.38. The standard InChI is InChI=1S/C36H54N8O3/c1-30(2)16-18-36-19-17-33(6)21(26(36)27(30)47-29(36)46)8-9-23-32(5)20-35(14-11-24-37-41-42-38-24,15-12-25-39-43-44-40-25)28(45)31(3,4)22(32)10-13-34(23,33)7/h21-23,26-27H,8-20H2,1-7H3,(H,37,38,41,42)(H,39,40,43,44)/t21-,22+,23-,26+,27-,32+,33-,34-,36+/m1/s1. The Balaban J connectivity index is 1.18. The maximum Gasteiger partial charge on any atom is 0.312 e. The van der Waals surface area contributed by atoms with E-state index in [4.69, 9.17) is 4.74 Å². The van der Waals surface area contributed by atoms with Crippen molar-refractivity contribution in [2.75, 3.05) is 0 Å². The Kier molecular flexibility index (Phi) is 6.66. The van der Waals surface area contributed by atoms with E-state index in [1.165, 1.54) is 0 Å². The maximum absolute atomic E-state index is 15.0. The zero-order chi connectivity index (χ0) is 33.3. The molecule has 2 aromatic heterocycles. The van der Waals surface area contributed by atoms with Crippen molar-refractivity contribution in [3.05, 3.63) is 11.6 Å². The first kappa shape index (κ1) is 31.5. The first-order valence-electron chi connectivity index (χ1n) is 18.3. The van der Waals surface area contributed by atoms with Gasteiger partial charge in [0.2, 0.25) is 0 Å². The molecule has 11 heteroatoms. The largest absolute Gasteiger partial charge is 0.461 e. The van der Waals surface area contributed by atoms with Crippen LogP contribution in [-0.2, 0) is 27.2 Å². The molecule has 1 saturated heterocycles. The molecule has 1 aliphatic heterocycles. The highest BCUT2D eigenvalue weighted by atomic mass is 16.6. The number of esters is 1. The van der Waals surface area contributed by atoms with E-state index in [9.17, 15) is 9.59 Å². The molecule has 0 amide bonds. The fourth-order valence-corrected chi connectivity index (χ4v) is 14.1. The van der Waals surface area contributed by atoms with Crippen LogP contribution in [0, 0.1) is 61.6 Å². The Labute approximate surface area is 278 Å². The lowest BCUT2D eigenvalue weighted by Gasteiger charge is -2.73. The fourth-order valence-electron chi connectivity index (χ4n) is 14.1. The van der Waals surface area contributed by atoms with E-state index in [1.807, 2.05) is 0 Å². The molecule has 0 aromatic carbocycles. The number of aryl methyl sites for hydroxylation is 2. The lowest BCUT2D eigenvalue weighted by atomic mass is 9.30. The second-order valence-electron chi connectivity index (χ2n) is 18.8. The summed E-state index contributed by atoms with van der Waals surface area (Å²) in [4.78, 5) is 28.6. The molecule has 5 saturated carbocycles. The molecule has 2 bridgehead atoms. The number of ketones is 1. The summed E-state index contributed by atoms with van der Waals surface area (Å²) in [7, 11) is 0. The summed E-state index contributed by atoms with van der Waals surface area (Å²) in [6.45, 7) is 16.9. The number of fused-ring (bicyclic) bond motifs is 5. The Bertz CT molecular complexity index is 1520.